The summed E-state index contributed by atoms with van der Waals surface area (Å²) in [7, 11) is 0. The van der Waals surface area contributed by atoms with E-state index < -0.39 is 0 Å². The molecule has 0 aliphatic carbocycles. The predicted molar refractivity (Wildman–Crippen MR) is 69.9 cm³/mol. The number of rotatable bonds is 4. The van der Waals surface area contributed by atoms with E-state index in [-0.39, 0.29) is 0 Å². The molecule has 1 heterocycles. The van der Waals surface area contributed by atoms with Crippen molar-refractivity contribution in [1.29, 1.82) is 0 Å². The number of hydrogen-bond donors (Lipinski definition) is 2. The van der Waals surface area contributed by atoms with E-state index in [9.17, 15) is 5.11 Å². The minimum atomic E-state index is 0.354. The Labute approximate surface area is 101 Å². The lowest BCUT2D eigenvalue weighted by atomic mass is 10.0. The minimum Gasteiger partial charge on any atom is -0.508 e. The molecule has 1 aliphatic heterocycles. The van der Waals surface area contributed by atoms with Crippen LogP contribution in [0.4, 0.5) is 0 Å². The number of thioether (sulfide) groups is 1. The maximum Gasteiger partial charge on any atom is 0.115 e. The van der Waals surface area contributed by atoms with E-state index in [1.54, 1.807) is 12.1 Å². The van der Waals surface area contributed by atoms with Gasteiger partial charge in [-0.3, -0.25) is 0 Å². The molecule has 0 bridgehead atoms. The van der Waals surface area contributed by atoms with Gasteiger partial charge in [-0.25, -0.2) is 0 Å². The summed E-state index contributed by atoms with van der Waals surface area (Å²) in [5, 5.41) is 12.6. The third-order valence-corrected chi connectivity index (χ3v) is 4.26. The zero-order chi connectivity index (χ0) is 11.2. The van der Waals surface area contributed by atoms with Crippen molar-refractivity contribution in [2.75, 3.05) is 18.8 Å². The number of phenols is 1. The summed E-state index contributed by atoms with van der Waals surface area (Å²) in [6.45, 7) is 2.37. The Morgan fingerprint density at radius 2 is 1.88 bits per heavy atom. The van der Waals surface area contributed by atoms with Crippen LogP contribution >= 0.6 is 11.8 Å². The molecule has 2 nitrogen and oxygen atoms in total. The van der Waals surface area contributed by atoms with Crippen molar-refractivity contribution in [2.45, 2.75) is 18.6 Å². The van der Waals surface area contributed by atoms with Crippen LogP contribution in [0, 0.1) is 5.92 Å². The van der Waals surface area contributed by atoms with Gasteiger partial charge in [0.2, 0.25) is 0 Å². The second kappa shape index (κ2) is 6.16. The van der Waals surface area contributed by atoms with E-state index in [0.717, 1.165) is 11.7 Å². The average molecular weight is 237 g/mol. The summed E-state index contributed by atoms with van der Waals surface area (Å²) >= 11 is 2.01. The fraction of sp³-hybridized carbons (Fsp3) is 0.538. The van der Waals surface area contributed by atoms with Crippen molar-refractivity contribution in [3.8, 4) is 5.75 Å². The number of phenolic OH excluding ortho intramolecular Hbond substituents is 1. The van der Waals surface area contributed by atoms with Gasteiger partial charge in [0, 0.05) is 5.75 Å². The topological polar surface area (TPSA) is 32.3 Å². The molecule has 2 N–H and O–H groups in total. The highest BCUT2D eigenvalue weighted by Crippen LogP contribution is 2.21. The van der Waals surface area contributed by atoms with Gasteiger partial charge in [-0.05, 0) is 55.3 Å². The molecule has 3 heteroatoms. The largest absolute Gasteiger partial charge is 0.508 e. The number of aromatic hydroxyl groups is 1. The lowest BCUT2D eigenvalue weighted by molar-refractivity contribution is 0.408. The van der Waals surface area contributed by atoms with Crippen LogP contribution in [-0.4, -0.2) is 23.9 Å². The van der Waals surface area contributed by atoms with Gasteiger partial charge >= 0.3 is 0 Å². The predicted octanol–water partition coefficient (Wildman–Crippen LogP) is 2.63. The van der Waals surface area contributed by atoms with E-state index in [1.165, 1.54) is 37.2 Å². The first-order chi connectivity index (χ1) is 7.84. The first-order valence-electron chi connectivity index (χ1n) is 5.91. The summed E-state index contributed by atoms with van der Waals surface area (Å²) in [4.78, 5) is 0. The summed E-state index contributed by atoms with van der Waals surface area (Å²) < 4.78 is 0. The van der Waals surface area contributed by atoms with Crippen LogP contribution in [-0.2, 0) is 5.75 Å². The van der Waals surface area contributed by atoms with Gasteiger partial charge in [-0.1, -0.05) is 12.1 Å². The van der Waals surface area contributed by atoms with Gasteiger partial charge in [0.25, 0.3) is 0 Å². The van der Waals surface area contributed by atoms with Crippen molar-refractivity contribution < 1.29 is 5.11 Å². The number of benzene rings is 1. The third-order valence-electron chi connectivity index (χ3n) is 3.02. The molecule has 0 spiro atoms. The molecule has 0 saturated carbocycles. The molecule has 1 aromatic carbocycles. The summed E-state index contributed by atoms with van der Waals surface area (Å²) in [5.41, 5.74) is 1.30. The number of hydrogen-bond acceptors (Lipinski definition) is 3. The molecule has 0 radical (unpaired) electrons. The molecule has 1 aromatic rings. The molecule has 1 aliphatic rings. The normalized spacial score (nSPS) is 17.5. The van der Waals surface area contributed by atoms with Gasteiger partial charge in [0.05, 0.1) is 0 Å². The maximum atomic E-state index is 9.17. The van der Waals surface area contributed by atoms with Crippen molar-refractivity contribution in [3.05, 3.63) is 29.8 Å². The fourth-order valence-electron chi connectivity index (χ4n) is 1.98. The Morgan fingerprint density at radius 3 is 2.56 bits per heavy atom. The van der Waals surface area contributed by atoms with Gasteiger partial charge in [-0.15, -0.1) is 0 Å². The first kappa shape index (κ1) is 11.8. The first-order valence-corrected chi connectivity index (χ1v) is 7.06. The SMILES string of the molecule is Oc1ccc(CSCC2CCNCC2)cc1. The van der Waals surface area contributed by atoms with E-state index in [2.05, 4.69) is 5.32 Å². The zero-order valence-corrected chi connectivity index (χ0v) is 10.3. The smallest absolute Gasteiger partial charge is 0.115 e. The molecule has 0 amide bonds. The maximum absolute atomic E-state index is 9.17. The Kier molecular flexibility index (Phi) is 4.55. The minimum absolute atomic E-state index is 0.354. The van der Waals surface area contributed by atoms with E-state index >= 15 is 0 Å². The van der Waals surface area contributed by atoms with E-state index in [1.807, 2.05) is 23.9 Å². The summed E-state index contributed by atoms with van der Waals surface area (Å²) in [6.07, 6.45) is 2.64. The highest BCUT2D eigenvalue weighted by atomic mass is 32.2. The summed E-state index contributed by atoms with van der Waals surface area (Å²) in [6, 6.07) is 7.54. The second-order valence-corrected chi connectivity index (χ2v) is 5.41. The molecular weight excluding hydrogens is 218 g/mol. The number of piperidine rings is 1. The van der Waals surface area contributed by atoms with Gasteiger partial charge in [0.15, 0.2) is 0 Å². The van der Waals surface area contributed by atoms with Gasteiger partial charge in [-0.2, -0.15) is 11.8 Å². The van der Waals surface area contributed by atoms with E-state index in [4.69, 9.17) is 0 Å². The second-order valence-electron chi connectivity index (χ2n) is 4.37. The molecular formula is C13H19NOS. The third kappa shape index (κ3) is 3.72. The van der Waals surface area contributed by atoms with Crippen LogP contribution in [0.1, 0.15) is 18.4 Å². The molecule has 0 unspecified atom stereocenters. The van der Waals surface area contributed by atoms with E-state index in [0.29, 0.717) is 5.75 Å². The molecule has 1 saturated heterocycles. The molecule has 0 atom stereocenters. The van der Waals surface area contributed by atoms with Crippen LogP contribution in [0.2, 0.25) is 0 Å². The van der Waals surface area contributed by atoms with Crippen molar-refractivity contribution in [2.24, 2.45) is 5.92 Å². The van der Waals surface area contributed by atoms with Crippen LogP contribution in [0.3, 0.4) is 0 Å². The molecule has 0 aromatic heterocycles. The van der Waals surface area contributed by atoms with Crippen LogP contribution in [0.15, 0.2) is 24.3 Å². The Balaban J connectivity index is 1.69. The van der Waals surface area contributed by atoms with Crippen LogP contribution < -0.4 is 5.32 Å². The van der Waals surface area contributed by atoms with Gasteiger partial charge in [0.1, 0.15) is 5.75 Å². The molecule has 16 heavy (non-hydrogen) atoms. The Hall–Kier alpha value is -0.670. The standard InChI is InChI=1S/C13H19NOS/c15-13-3-1-11(2-4-13)9-16-10-12-5-7-14-8-6-12/h1-4,12,14-15H,5-10H2. The highest BCUT2D eigenvalue weighted by Gasteiger charge is 2.12. The number of nitrogens with one attached hydrogen (secondary N) is 1. The average Bonchev–Trinajstić information content (AvgIpc) is 2.33. The molecule has 2 rings (SSSR count). The lowest BCUT2D eigenvalue weighted by Crippen LogP contribution is -2.28. The fourth-order valence-corrected chi connectivity index (χ4v) is 3.20. The Bertz CT molecular complexity index is 306. The van der Waals surface area contributed by atoms with Crippen molar-refractivity contribution in [3.63, 3.8) is 0 Å². The highest BCUT2D eigenvalue weighted by molar-refractivity contribution is 7.98. The van der Waals surface area contributed by atoms with Crippen molar-refractivity contribution in [1.82, 2.24) is 5.32 Å². The van der Waals surface area contributed by atoms with Crippen LogP contribution in [0.25, 0.3) is 0 Å². The quantitative estimate of drug-likeness (QED) is 0.844. The van der Waals surface area contributed by atoms with Crippen molar-refractivity contribution >= 4 is 11.8 Å². The monoisotopic (exact) mass is 237 g/mol. The lowest BCUT2D eigenvalue weighted by Gasteiger charge is -2.22. The molecule has 1 fully saturated rings. The molecule has 88 valence electrons. The zero-order valence-electron chi connectivity index (χ0n) is 9.48. The van der Waals surface area contributed by atoms with Crippen LogP contribution in [0.5, 0.6) is 5.75 Å². The van der Waals surface area contributed by atoms with Gasteiger partial charge < -0.3 is 10.4 Å². The summed E-state index contributed by atoms with van der Waals surface area (Å²) in [5.74, 6) is 3.57. The Morgan fingerprint density at radius 1 is 1.19 bits per heavy atom.